The minimum atomic E-state index is -0.204. The van der Waals surface area contributed by atoms with E-state index in [2.05, 4.69) is 35.4 Å². The number of aromatic nitrogens is 3. The lowest BCUT2D eigenvalue weighted by Crippen LogP contribution is -2.47. The molecule has 1 aliphatic rings. The Morgan fingerprint density at radius 2 is 2.00 bits per heavy atom. The Kier molecular flexibility index (Phi) is 7.94. The van der Waals surface area contributed by atoms with Gasteiger partial charge >= 0.3 is 0 Å². The molecule has 1 amide bonds. The molecule has 0 radical (unpaired) electrons. The number of hydrogen-bond donors (Lipinski definition) is 3. The van der Waals surface area contributed by atoms with E-state index in [4.69, 9.17) is 16.7 Å². The monoisotopic (exact) mass is 501 g/mol. The summed E-state index contributed by atoms with van der Waals surface area (Å²) in [6.07, 6.45) is 1.55. The topological polar surface area (TPSA) is 107 Å². The number of halogens is 1. The molecule has 3 N–H and O–H groups in total. The molecule has 1 aliphatic heterocycles. The number of nitrogens with zero attached hydrogens (tertiary/aromatic N) is 5. The standard InChI is InChI=1S/C23H28ClN7O2S/c1-15-4-3-5-18(24)17(15)13-25-22(33)19-14-26-23(34-19)29-20-12-21(28-16(2)27-20)31-8-6-30(7-9-31)10-11-32/h3-5,12,14,32H,6-11,13H2,1-2H3,(H,25,33)(H,26,27,28,29). The van der Waals surface area contributed by atoms with Gasteiger partial charge in [0.25, 0.3) is 5.91 Å². The van der Waals surface area contributed by atoms with Gasteiger partial charge in [-0.1, -0.05) is 35.1 Å². The zero-order valence-electron chi connectivity index (χ0n) is 19.2. The van der Waals surface area contributed by atoms with Crippen LogP contribution in [0.3, 0.4) is 0 Å². The number of nitrogens with one attached hydrogen (secondary N) is 2. The van der Waals surface area contributed by atoms with Gasteiger partial charge in [0.15, 0.2) is 5.13 Å². The molecule has 34 heavy (non-hydrogen) atoms. The molecule has 3 heterocycles. The van der Waals surface area contributed by atoms with Crippen LogP contribution in [0, 0.1) is 13.8 Å². The van der Waals surface area contributed by atoms with E-state index >= 15 is 0 Å². The fourth-order valence-electron chi connectivity index (χ4n) is 3.81. The Bertz CT molecular complexity index is 1130. The van der Waals surface area contributed by atoms with Gasteiger partial charge in [-0.25, -0.2) is 15.0 Å². The number of aliphatic hydroxyl groups is 1. The smallest absolute Gasteiger partial charge is 0.263 e. The van der Waals surface area contributed by atoms with Crippen LogP contribution in [-0.4, -0.2) is 70.2 Å². The number of carbonyl (C=O) groups excluding carboxylic acids is 1. The van der Waals surface area contributed by atoms with E-state index in [1.54, 1.807) is 6.20 Å². The highest BCUT2D eigenvalue weighted by atomic mass is 35.5. The van der Waals surface area contributed by atoms with Gasteiger partial charge in [-0.2, -0.15) is 0 Å². The maximum atomic E-state index is 12.6. The molecule has 3 aromatic rings. The predicted octanol–water partition coefficient (Wildman–Crippen LogP) is 2.99. The second-order valence-electron chi connectivity index (χ2n) is 8.08. The molecule has 1 saturated heterocycles. The predicted molar refractivity (Wildman–Crippen MR) is 135 cm³/mol. The molecular formula is C23H28ClN7O2S. The number of hydrogen-bond acceptors (Lipinski definition) is 9. The molecule has 0 spiro atoms. The van der Waals surface area contributed by atoms with Crippen LogP contribution in [0.4, 0.5) is 16.8 Å². The molecule has 9 nitrogen and oxygen atoms in total. The number of carbonyl (C=O) groups is 1. The van der Waals surface area contributed by atoms with Gasteiger partial charge in [-0.3, -0.25) is 9.69 Å². The molecule has 2 aromatic heterocycles. The van der Waals surface area contributed by atoms with Gasteiger partial charge in [-0.15, -0.1) is 0 Å². The Labute approximate surface area is 207 Å². The summed E-state index contributed by atoms with van der Waals surface area (Å²) in [5, 5.41) is 16.5. The first-order valence-corrected chi connectivity index (χ1v) is 12.3. The normalized spacial score (nSPS) is 14.3. The maximum absolute atomic E-state index is 12.6. The van der Waals surface area contributed by atoms with Crippen molar-refractivity contribution in [3.63, 3.8) is 0 Å². The van der Waals surface area contributed by atoms with Gasteiger partial charge < -0.3 is 20.6 Å². The molecule has 1 fully saturated rings. The van der Waals surface area contributed by atoms with Crippen molar-refractivity contribution >= 4 is 45.6 Å². The second kappa shape index (κ2) is 11.1. The second-order valence-corrected chi connectivity index (χ2v) is 9.52. The summed E-state index contributed by atoms with van der Waals surface area (Å²) in [5.74, 6) is 1.93. The van der Waals surface area contributed by atoms with Crippen LogP contribution in [-0.2, 0) is 6.54 Å². The van der Waals surface area contributed by atoms with Crippen LogP contribution in [0.5, 0.6) is 0 Å². The first-order valence-electron chi connectivity index (χ1n) is 11.1. The van der Waals surface area contributed by atoms with E-state index in [1.807, 2.05) is 38.1 Å². The van der Waals surface area contributed by atoms with Gasteiger partial charge in [0, 0.05) is 50.4 Å². The van der Waals surface area contributed by atoms with E-state index in [0.29, 0.717) is 39.8 Å². The number of amides is 1. The van der Waals surface area contributed by atoms with Crippen molar-refractivity contribution < 1.29 is 9.90 Å². The number of piperazine rings is 1. The highest BCUT2D eigenvalue weighted by molar-refractivity contribution is 7.17. The van der Waals surface area contributed by atoms with Gasteiger partial charge in [-0.05, 0) is 31.0 Å². The number of thiazole rings is 1. The highest BCUT2D eigenvalue weighted by Crippen LogP contribution is 2.25. The largest absolute Gasteiger partial charge is 0.395 e. The lowest BCUT2D eigenvalue weighted by atomic mass is 10.1. The molecule has 4 rings (SSSR count). The number of β-amino-alcohol motifs (C(OH)–C–C–N with tert-alkyl or cyclic N) is 1. The molecular weight excluding hydrogens is 474 g/mol. The molecule has 1 aromatic carbocycles. The van der Waals surface area contributed by atoms with E-state index in [-0.39, 0.29) is 12.5 Å². The van der Waals surface area contributed by atoms with Crippen molar-refractivity contribution in [2.75, 3.05) is 49.5 Å². The summed E-state index contributed by atoms with van der Waals surface area (Å²) in [5.41, 5.74) is 1.94. The first kappa shape index (κ1) is 24.3. The van der Waals surface area contributed by atoms with Crippen molar-refractivity contribution in [1.82, 2.24) is 25.2 Å². The van der Waals surface area contributed by atoms with Crippen LogP contribution in [0.2, 0.25) is 5.02 Å². The zero-order chi connectivity index (χ0) is 24.1. The lowest BCUT2D eigenvalue weighted by Gasteiger charge is -2.35. The Balaban J connectivity index is 1.38. The van der Waals surface area contributed by atoms with Crippen LogP contribution in [0.25, 0.3) is 0 Å². The summed E-state index contributed by atoms with van der Waals surface area (Å²) >= 11 is 7.52. The van der Waals surface area contributed by atoms with Crippen LogP contribution >= 0.6 is 22.9 Å². The van der Waals surface area contributed by atoms with Gasteiger partial charge in [0.2, 0.25) is 0 Å². The van der Waals surface area contributed by atoms with Crippen LogP contribution in [0.15, 0.2) is 30.5 Å². The third-order valence-corrected chi connectivity index (χ3v) is 6.95. The minimum Gasteiger partial charge on any atom is -0.395 e. The van der Waals surface area contributed by atoms with Gasteiger partial charge in [0.05, 0.1) is 12.8 Å². The number of benzene rings is 1. The fraction of sp³-hybridized carbons (Fsp3) is 0.391. The van der Waals surface area contributed by atoms with E-state index in [9.17, 15) is 4.79 Å². The Morgan fingerprint density at radius 1 is 1.21 bits per heavy atom. The van der Waals surface area contributed by atoms with Crippen molar-refractivity contribution in [2.45, 2.75) is 20.4 Å². The van der Waals surface area contributed by atoms with Gasteiger partial charge in [0.1, 0.15) is 22.3 Å². The van der Waals surface area contributed by atoms with Crippen molar-refractivity contribution in [3.05, 3.63) is 57.3 Å². The fourth-order valence-corrected chi connectivity index (χ4v) is 4.84. The lowest BCUT2D eigenvalue weighted by molar-refractivity contribution is 0.0954. The Hall–Kier alpha value is -2.79. The summed E-state index contributed by atoms with van der Waals surface area (Å²) in [6, 6.07) is 7.57. The summed E-state index contributed by atoms with van der Waals surface area (Å²) in [6.45, 7) is 8.48. The molecule has 0 atom stereocenters. The average Bonchev–Trinajstić information content (AvgIpc) is 3.27. The summed E-state index contributed by atoms with van der Waals surface area (Å²) in [4.78, 5) is 31.0. The quantitative estimate of drug-likeness (QED) is 0.432. The molecule has 11 heteroatoms. The van der Waals surface area contributed by atoms with E-state index in [1.165, 1.54) is 11.3 Å². The number of aryl methyl sites for hydroxylation is 2. The SMILES string of the molecule is Cc1nc(Nc2ncc(C(=O)NCc3c(C)cccc3Cl)s2)cc(N2CCN(CCO)CC2)n1. The number of rotatable bonds is 8. The molecule has 0 aliphatic carbocycles. The third kappa shape index (κ3) is 6.01. The zero-order valence-corrected chi connectivity index (χ0v) is 20.8. The molecule has 0 bridgehead atoms. The van der Waals surface area contributed by atoms with Crippen molar-refractivity contribution in [2.24, 2.45) is 0 Å². The van der Waals surface area contributed by atoms with Crippen LogP contribution < -0.4 is 15.5 Å². The van der Waals surface area contributed by atoms with Crippen molar-refractivity contribution in [1.29, 1.82) is 0 Å². The summed E-state index contributed by atoms with van der Waals surface area (Å²) < 4.78 is 0. The van der Waals surface area contributed by atoms with Crippen molar-refractivity contribution in [3.8, 4) is 0 Å². The first-order chi connectivity index (χ1) is 16.4. The average molecular weight is 502 g/mol. The van der Waals surface area contributed by atoms with E-state index < -0.39 is 0 Å². The Morgan fingerprint density at radius 3 is 2.74 bits per heavy atom. The maximum Gasteiger partial charge on any atom is 0.263 e. The number of anilines is 3. The van der Waals surface area contributed by atoms with Crippen LogP contribution in [0.1, 0.15) is 26.6 Å². The highest BCUT2D eigenvalue weighted by Gasteiger charge is 2.19. The third-order valence-electron chi connectivity index (χ3n) is 5.68. The number of aliphatic hydroxyl groups excluding tert-OH is 1. The molecule has 0 unspecified atom stereocenters. The molecule has 0 saturated carbocycles. The van der Waals surface area contributed by atoms with E-state index in [0.717, 1.165) is 43.1 Å². The molecule has 180 valence electrons. The minimum absolute atomic E-state index is 0.175. The summed E-state index contributed by atoms with van der Waals surface area (Å²) in [7, 11) is 0.